The summed E-state index contributed by atoms with van der Waals surface area (Å²) in [5, 5.41) is 8.15. The Morgan fingerprint density at radius 1 is 0.975 bits per heavy atom. The summed E-state index contributed by atoms with van der Waals surface area (Å²) in [5.74, 6) is -7.72. The number of alkyl halides is 2. The standard InChI is InChI=1S/C28H45F2N5O5/c1-25(2,3)20(33-24(40)34-27(6)11-9-8-10-12-27)23(39)35-14-15-17(26(15,4)5)18(35)22(38)32-16(13-28(7,29)30)19(36)21(31)37/h15-18,20H,8-14H2,1-7H3,(H2,31,37)(H,32,38)(H2,33,34,40). The van der Waals surface area contributed by atoms with Crippen LogP contribution in [-0.4, -0.2) is 70.6 Å². The molecular formula is C28H45F2N5O5. The quantitative estimate of drug-likeness (QED) is 0.315. The number of carbonyl (C=O) groups excluding carboxylic acids is 5. The van der Waals surface area contributed by atoms with E-state index >= 15 is 0 Å². The molecule has 2 aliphatic carbocycles. The van der Waals surface area contributed by atoms with Gasteiger partial charge >= 0.3 is 6.03 Å². The maximum atomic E-state index is 14.0. The monoisotopic (exact) mass is 569 g/mol. The lowest BCUT2D eigenvalue weighted by molar-refractivity contribution is -0.145. The van der Waals surface area contributed by atoms with Gasteiger partial charge in [-0.25, -0.2) is 13.6 Å². The van der Waals surface area contributed by atoms with Gasteiger partial charge in [0.2, 0.25) is 23.5 Å². The number of piperidine rings is 1. The number of ketones is 1. The summed E-state index contributed by atoms with van der Waals surface area (Å²) >= 11 is 0. The lowest BCUT2D eigenvalue weighted by Gasteiger charge is -2.39. The van der Waals surface area contributed by atoms with E-state index in [1.165, 1.54) is 4.90 Å². The van der Waals surface area contributed by atoms with Gasteiger partial charge < -0.3 is 26.6 Å². The average Bonchev–Trinajstić information content (AvgIpc) is 3.13. The Morgan fingerprint density at radius 3 is 2.05 bits per heavy atom. The van der Waals surface area contributed by atoms with Crippen LogP contribution in [0.5, 0.6) is 0 Å². The number of hydrogen-bond donors (Lipinski definition) is 4. The SMILES string of the molecule is CC(F)(F)CC(NC(=O)C1C2C(CN1C(=O)C(NC(=O)NC1(C)CCCCC1)C(C)(C)C)C2(C)C)C(=O)C(N)=O. The molecule has 0 bridgehead atoms. The van der Waals surface area contributed by atoms with E-state index in [0.29, 0.717) is 6.92 Å². The smallest absolute Gasteiger partial charge is 0.315 e. The summed E-state index contributed by atoms with van der Waals surface area (Å²) in [6, 6.07) is -4.35. The molecule has 3 fully saturated rings. The summed E-state index contributed by atoms with van der Waals surface area (Å²) < 4.78 is 27.6. The number of carbonyl (C=O) groups is 5. The number of likely N-dealkylation sites (tertiary alicyclic amines) is 1. The van der Waals surface area contributed by atoms with Crippen LogP contribution in [0.25, 0.3) is 0 Å². The highest BCUT2D eigenvalue weighted by atomic mass is 19.3. The van der Waals surface area contributed by atoms with E-state index in [1.54, 1.807) is 20.8 Å². The maximum absolute atomic E-state index is 14.0. The van der Waals surface area contributed by atoms with Crippen molar-refractivity contribution in [1.82, 2.24) is 20.9 Å². The zero-order valence-corrected chi connectivity index (χ0v) is 24.7. The Bertz CT molecular complexity index is 1040. The van der Waals surface area contributed by atoms with Gasteiger partial charge in [0.1, 0.15) is 18.1 Å². The van der Waals surface area contributed by atoms with Crippen molar-refractivity contribution in [3.63, 3.8) is 0 Å². The minimum atomic E-state index is -3.36. The Morgan fingerprint density at radius 2 is 1.55 bits per heavy atom. The minimum absolute atomic E-state index is 0.0271. The van der Waals surface area contributed by atoms with Crippen LogP contribution in [-0.2, 0) is 19.2 Å². The topological polar surface area (TPSA) is 151 Å². The van der Waals surface area contributed by atoms with Crippen molar-refractivity contribution in [1.29, 1.82) is 0 Å². The normalized spacial score (nSPS) is 26.6. The van der Waals surface area contributed by atoms with Gasteiger partial charge in [-0.2, -0.15) is 0 Å². The van der Waals surface area contributed by atoms with Gasteiger partial charge in [0.05, 0.1) is 0 Å². The number of primary amides is 1. The fourth-order valence-electron chi connectivity index (χ4n) is 6.52. The second-order valence-electron chi connectivity index (χ2n) is 14.0. The van der Waals surface area contributed by atoms with Crippen LogP contribution < -0.4 is 21.7 Å². The number of urea groups is 1. The second kappa shape index (κ2) is 10.9. The number of rotatable bonds is 9. The molecule has 0 aromatic rings. The lowest BCUT2D eigenvalue weighted by atomic mass is 9.83. The number of Topliss-reactive ketones (excluding diaryl/α,β-unsaturated/α-hetero) is 1. The molecule has 10 nitrogen and oxygen atoms in total. The van der Waals surface area contributed by atoms with Crippen LogP contribution in [0, 0.1) is 22.7 Å². The first-order chi connectivity index (χ1) is 18.2. The van der Waals surface area contributed by atoms with Crippen LogP contribution in [0.3, 0.4) is 0 Å². The maximum Gasteiger partial charge on any atom is 0.315 e. The number of halogens is 2. The molecule has 1 aliphatic heterocycles. The van der Waals surface area contributed by atoms with Crippen molar-refractivity contribution in [2.75, 3.05) is 6.54 Å². The highest BCUT2D eigenvalue weighted by molar-refractivity contribution is 6.37. The van der Waals surface area contributed by atoms with Crippen molar-refractivity contribution in [3.8, 4) is 0 Å². The first kappa shape index (κ1) is 31.7. The largest absolute Gasteiger partial charge is 0.363 e. The molecule has 0 spiro atoms. The first-order valence-electron chi connectivity index (χ1n) is 14.1. The highest BCUT2D eigenvalue weighted by Gasteiger charge is 2.70. The Balaban J connectivity index is 1.83. The third kappa shape index (κ3) is 6.91. The molecule has 5 amide bonds. The minimum Gasteiger partial charge on any atom is -0.363 e. The molecule has 226 valence electrons. The highest BCUT2D eigenvalue weighted by Crippen LogP contribution is 2.65. The molecule has 3 rings (SSSR count). The van der Waals surface area contributed by atoms with E-state index in [-0.39, 0.29) is 29.3 Å². The van der Waals surface area contributed by atoms with Crippen molar-refractivity contribution < 1.29 is 32.8 Å². The number of nitrogens with zero attached hydrogens (tertiary/aromatic N) is 1. The Kier molecular flexibility index (Phi) is 8.64. The molecule has 0 aromatic carbocycles. The molecule has 3 aliphatic rings. The molecule has 5 N–H and O–H groups in total. The molecule has 12 heteroatoms. The van der Waals surface area contributed by atoms with Crippen LogP contribution in [0.4, 0.5) is 13.6 Å². The summed E-state index contributed by atoms with van der Waals surface area (Å²) in [6.45, 7) is 12.1. The lowest BCUT2D eigenvalue weighted by Crippen LogP contribution is -2.62. The first-order valence-corrected chi connectivity index (χ1v) is 14.1. The molecule has 0 radical (unpaired) electrons. The fourth-order valence-corrected chi connectivity index (χ4v) is 6.52. The zero-order valence-electron chi connectivity index (χ0n) is 24.7. The molecular weight excluding hydrogens is 524 g/mol. The van der Waals surface area contributed by atoms with E-state index in [9.17, 15) is 32.8 Å². The van der Waals surface area contributed by atoms with Crippen molar-refractivity contribution >= 4 is 29.5 Å². The molecule has 1 heterocycles. The number of nitrogens with one attached hydrogen (secondary N) is 3. The van der Waals surface area contributed by atoms with Crippen LogP contribution in [0.2, 0.25) is 0 Å². The summed E-state index contributed by atoms with van der Waals surface area (Å²) in [5.41, 5.74) is 3.66. The van der Waals surface area contributed by atoms with Gasteiger partial charge in [0.25, 0.3) is 5.91 Å². The molecule has 1 saturated heterocycles. The number of nitrogens with two attached hydrogens (primary N) is 1. The van der Waals surface area contributed by atoms with Gasteiger partial charge in [-0.05, 0) is 49.4 Å². The van der Waals surface area contributed by atoms with Crippen molar-refractivity contribution in [2.45, 2.75) is 117 Å². The third-order valence-corrected chi connectivity index (χ3v) is 8.96. The van der Waals surface area contributed by atoms with Crippen LogP contribution in [0.1, 0.15) is 87.0 Å². The van der Waals surface area contributed by atoms with Gasteiger partial charge in [-0.1, -0.05) is 53.9 Å². The van der Waals surface area contributed by atoms with Crippen molar-refractivity contribution in [2.24, 2.45) is 28.4 Å². The number of hydrogen-bond acceptors (Lipinski definition) is 5. The van der Waals surface area contributed by atoms with Crippen molar-refractivity contribution in [3.05, 3.63) is 0 Å². The summed E-state index contributed by atoms with van der Waals surface area (Å²) in [7, 11) is 0. The van der Waals surface area contributed by atoms with E-state index in [1.807, 2.05) is 20.8 Å². The average molecular weight is 570 g/mol. The van der Waals surface area contributed by atoms with Crippen LogP contribution >= 0.6 is 0 Å². The summed E-state index contributed by atoms with van der Waals surface area (Å²) in [6.07, 6.45) is 3.69. The predicted molar refractivity (Wildman–Crippen MR) is 144 cm³/mol. The third-order valence-electron chi connectivity index (χ3n) is 8.96. The Hall–Kier alpha value is -2.79. The summed E-state index contributed by atoms with van der Waals surface area (Å²) in [4.78, 5) is 65.8. The van der Waals surface area contributed by atoms with E-state index in [2.05, 4.69) is 16.0 Å². The van der Waals surface area contributed by atoms with Gasteiger partial charge in [-0.3, -0.25) is 19.2 Å². The molecule has 5 atom stereocenters. The molecule has 2 saturated carbocycles. The Labute approximate surface area is 234 Å². The molecule has 5 unspecified atom stereocenters. The zero-order chi connectivity index (χ0) is 30.4. The molecule has 40 heavy (non-hydrogen) atoms. The van der Waals surface area contributed by atoms with E-state index in [4.69, 9.17) is 5.73 Å². The molecule has 0 aromatic heterocycles. The number of amides is 5. The van der Waals surface area contributed by atoms with Crippen LogP contribution in [0.15, 0.2) is 0 Å². The predicted octanol–water partition coefficient (Wildman–Crippen LogP) is 2.49. The van der Waals surface area contributed by atoms with Gasteiger partial charge in [-0.15, -0.1) is 0 Å². The van der Waals surface area contributed by atoms with Gasteiger partial charge in [0.15, 0.2) is 0 Å². The second-order valence-corrected chi connectivity index (χ2v) is 14.0. The van der Waals surface area contributed by atoms with E-state index in [0.717, 1.165) is 32.1 Å². The number of fused-ring (bicyclic) bond motifs is 1. The van der Waals surface area contributed by atoms with E-state index < -0.39 is 65.4 Å². The van der Waals surface area contributed by atoms with Gasteiger partial charge in [0, 0.05) is 18.5 Å². The fraction of sp³-hybridized carbons (Fsp3) is 0.821.